The van der Waals surface area contributed by atoms with E-state index in [-0.39, 0.29) is 24.1 Å². The third-order valence-electron chi connectivity index (χ3n) is 4.47. The average molecular weight is 366 g/mol. The lowest BCUT2D eigenvalue weighted by Gasteiger charge is -2.23. The molecular formula is C17H23N3O2S2. The second kappa shape index (κ2) is 7.70. The molecule has 1 aliphatic carbocycles. The first-order valence-corrected chi connectivity index (χ1v) is 10.5. The lowest BCUT2D eigenvalue weighted by atomic mass is 9.95. The van der Waals surface area contributed by atoms with Gasteiger partial charge in [-0.05, 0) is 31.6 Å². The lowest BCUT2D eigenvalue weighted by molar-refractivity contribution is -0.122. The van der Waals surface area contributed by atoms with Crippen molar-refractivity contribution in [2.45, 2.75) is 63.2 Å². The number of thioether (sulfide) groups is 1. The van der Waals surface area contributed by atoms with Crippen LogP contribution in [0.2, 0.25) is 0 Å². The Kier molecular flexibility index (Phi) is 5.61. The van der Waals surface area contributed by atoms with E-state index in [4.69, 9.17) is 0 Å². The molecule has 1 fully saturated rings. The van der Waals surface area contributed by atoms with Gasteiger partial charge in [0.05, 0.1) is 5.39 Å². The number of nitrogens with zero attached hydrogens (tertiary/aromatic N) is 2. The minimum atomic E-state index is -0.112. The maximum atomic E-state index is 12.8. The molecule has 1 amide bonds. The number of carbonyl (C=O) groups excluding carboxylic acids is 1. The molecule has 2 aromatic rings. The fourth-order valence-electron chi connectivity index (χ4n) is 3.18. The fourth-order valence-corrected chi connectivity index (χ4v) is 4.75. The molecular weight excluding hydrogens is 342 g/mol. The number of rotatable bonds is 5. The van der Waals surface area contributed by atoms with Gasteiger partial charge < -0.3 is 5.32 Å². The molecule has 0 spiro atoms. The Morgan fingerprint density at radius 2 is 2.17 bits per heavy atom. The summed E-state index contributed by atoms with van der Waals surface area (Å²) in [5.74, 6) is -0.0913. The Labute approximate surface area is 149 Å². The van der Waals surface area contributed by atoms with Crippen molar-refractivity contribution in [2.24, 2.45) is 0 Å². The lowest BCUT2D eigenvalue weighted by Crippen LogP contribution is -2.40. The molecule has 1 aliphatic rings. The van der Waals surface area contributed by atoms with E-state index in [9.17, 15) is 9.59 Å². The largest absolute Gasteiger partial charge is 0.352 e. The maximum Gasteiger partial charge on any atom is 0.263 e. The maximum absolute atomic E-state index is 12.8. The van der Waals surface area contributed by atoms with Crippen molar-refractivity contribution >= 4 is 39.2 Å². The molecule has 0 atom stereocenters. The summed E-state index contributed by atoms with van der Waals surface area (Å²) in [6, 6.07) is 2.17. The molecule has 2 heterocycles. The van der Waals surface area contributed by atoms with Crippen LogP contribution in [0.1, 0.15) is 43.9 Å². The highest BCUT2D eigenvalue weighted by molar-refractivity contribution is 7.98. The third-order valence-corrected chi connectivity index (χ3v) is 6.32. The van der Waals surface area contributed by atoms with Gasteiger partial charge in [0.25, 0.3) is 5.56 Å². The summed E-state index contributed by atoms with van der Waals surface area (Å²) >= 11 is 2.97. The molecule has 0 saturated heterocycles. The van der Waals surface area contributed by atoms with Crippen LogP contribution >= 0.6 is 23.1 Å². The van der Waals surface area contributed by atoms with Crippen LogP contribution in [0.3, 0.4) is 0 Å². The van der Waals surface area contributed by atoms with E-state index in [2.05, 4.69) is 17.2 Å². The van der Waals surface area contributed by atoms with Gasteiger partial charge in [0.1, 0.15) is 11.4 Å². The minimum Gasteiger partial charge on any atom is -0.352 e. The Bertz CT molecular complexity index is 791. The second-order valence-electron chi connectivity index (χ2n) is 6.18. The Morgan fingerprint density at radius 1 is 1.42 bits per heavy atom. The fraction of sp³-hybridized carbons (Fsp3) is 0.588. The number of thiophene rings is 1. The van der Waals surface area contributed by atoms with Crippen molar-refractivity contribution in [1.82, 2.24) is 14.9 Å². The van der Waals surface area contributed by atoms with Crippen molar-refractivity contribution in [3.63, 3.8) is 0 Å². The van der Waals surface area contributed by atoms with Gasteiger partial charge in [0, 0.05) is 10.9 Å². The first-order chi connectivity index (χ1) is 11.6. The van der Waals surface area contributed by atoms with Crippen LogP contribution in [-0.2, 0) is 17.8 Å². The SMILES string of the molecule is CCc1cc2c(=O)n(CC(=O)NC3CCCCC3)c(SC)nc2s1. The van der Waals surface area contributed by atoms with Gasteiger partial charge in [0.15, 0.2) is 5.16 Å². The summed E-state index contributed by atoms with van der Waals surface area (Å²) in [4.78, 5) is 31.7. The van der Waals surface area contributed by atoms with E-state index in [1.54, 1.807) is 11.3 Å². The molecule has 1 N–H and O–H groups in total. The van der Waals surface area contributed by atoms with E-state index in [1.165, 1.54) is 35.6 Å². The number of nitrogens with one attached hydrogen (secondary N) is 1. The molecule has 130 valence electrons. The van der Waals surface area contributed by atoms with Crippen LogP contribution in [0.4, 0.5) is 0 Å². The first kappa shape index (κ1) is 17.5. The molecule has 0 radical (unpaired) electrons. The molecule has 5 nitrogen and oxygen atoms in total. The minimum absolute atomic E-state index is 0.0474. The summed E-state index contributed by atoms with van der Waals surface area (Å²) in [6.07, 6.45) is 8.44. The summed E-state index contributed by atoms with van der Waals surface area (Å²) in [6.45, 7) is 2.11. The Balaban J connectivity index is 1.85. The smallest absolute Gasteiger partial charge is 0.263 e. The van der Waals surface area contributed by atoms with Gasteiger partial charge >= 0.3 is 0 Å². The van der Waals surface area contributed by atoms with Gasteiger partial charge in [-0.25, -0.2) is 4.98 Å². The van der Waals surface area contributed by atoms with Gasteiger partial charge in [0.2, 0.25) is 5.91 Å². The van der Waals surface area contributed by atoms with Crippen LogP contribution in [-0.4, -0.2) is 27.8 Å². The predicted octanol–water partition coefficient (Wildman–Crippen LogP) is 3.19. The molecule has 7 heteroatoms. The topological polar surface area (TPSA) is 64.0 Å². The van der Waals surface area contributed by atoms with Crippen molar-refractivity contribution in [2.75, 3.05) is 6.26 Å². The standard InChI is InChI=1S/C17H23N3O2S2/c1-3-12-9-13-15(24-12)19-17(23-2)20(16(13)22)10-14(21)18-11-7-5-4-6-8-11/h9,11H,3-8,10H2,1-2H3,(H,18,21). The van der Waals surface area contributed by atoms with E-state index in [0.717, 1.165) is 29.0 Å². The quantitative estimate of drug-likeness (QED) is 0.653. The molecule has 24 heavy (non-hydrogen) atoms. The van der Waals surface area contributed by atoms with Crippen LogP contribution < -0.4 is 10.9 Å². The summed E-state index contributed by atoms with van der Waals surface area (Å²) in [5.41, 5.74) is -0.112. The van der Waals surface area contributed by atoms with Gasteiger partial charge in [-0.15, -0.1) is 11.3 Å². The zero-order valence-corrected chi connectivity index (χ0v) is 15.8. The van der Waals surface area contributed by atoms with Crippen molar-refractivity contribution in [3.05, 3.63) is 21.3 Å². The van der Waals surface area contributed by atoms with Crippen molar-refractivity contribution in [1.29, 1.82) is 0 Å². The zero-order valence-electron chi connectivity index (χ0n) is 14.1. The molecule has 0 aromatic carbocycles. The van der Waals surface area contributed by atoms with E-state index < -0.39 is 0 Å². The average Bonchev–Trinajstić information content (AvgIpc) is 3.01. The molecule has 0 bridgehead atoms. The van der Waals surface area contributed by atoms with Crippen LogP contribution in [0.25, 0.3) is 10.2 Å². The van der Waals surface area contributed by atoms with E-state index >= 15 is 0 Å². The van der Waals surface area contributed by atoms with Crippen LogP contribution in [0.15, 0.2) is 16.0 Å². The number of hydrogen-bond acceptors (Lipinski definition) is 5. The Hall–Kier alpha value is -1.34. The summed E-state index contributed by atoms with van der Waals surface area (Å²) in [5, 5.41) is 4.31. The molecule has 2 aromatic heterocycles. The molecule has 3 rings (SSSR count). The number of amides is 1. The number of aryl methyl sites for hydroxylation is 1. The van der Waals surface area contributed by atoms with Gasteiger partial charge in [-0.1, -0.05) is 37.9 Å². The molecule has 0 aliphatic heterocycles. The zero-order chi connectivity index (χ0) is 17.1. The van der Waals surface area contributed by atoms with Gasteiger partial charge in [-0.2, -0.15) is 0 Å². The number of carbonyl (C=O) groups is 1. The first-order valence-electron chi connectivity index (χ1n) is 8.49. The summed E-state index contributed by atoms with van der Waals surface area (Å²) < 4.78 is 1.51. The van der Waals surface area contributed by atoms with Crippen molar-refractivity contribution < 1.29 is 4.79 Å². The van der Waals surface area contributed by atoms with E-state index in [1.807, 2.05) is 12.3 Å². The molecule has 1 saturated carbocycles. The number of hydrogen-bond donors (Lipinski definition) is 1. The van der Waals surface area contributed by atoms with Gasteiger partial charge in [-0.3, -0.25) is 14.2 Å². The number of fused-ring (bicyclic) bond motifs is 1. The third kappa shape index (κ3) is 3.67. The van der Waals surface area contributed by atoms with Crippen LogP contribution in [0.5, 0.6) is 0 Å². The number of aromatic nitrogens is 2. The highest BCUT2D eigenvalue weighted by atomic mass is 32.2. The predicted molar refractivity (Wildman–Crippen MR) is 100 cm³/mol. The highest BCUT2D eigenvalue weighted by Crippen LogP contribution is 2.24. The molecule has 0 unspecified atom stereocenters. The van der Waals surface area contributed by atoms with Crippen LogP contribution in [0, 0.1) is 0 Å². The monoisotopic (exact) mass is 365 g/mol. The highest BCUT2D eigenvalue weighted by Gasteiger charge is 2.19. The summed E-state index contributed by atoms with van der Waals surface area (Å²) in [7, 11) is 0. The Morgan fingerprint density at radius 3 is 2.83 bits per heavy atom. The van der Waals surface area contributed by atoms with Crippen molar-refractivity contribution in [3.8, 4) is 0 Å². The second-order valence-corrected chi connectivity index (χ2v) is 8.07. The van der Waals surface area contributed by atoms with E-state index in [0.29, 0.717) is 10.5 Å². The normalized spacial score (nSPS) is 15.8.